The van der Waals surface area contributed by atoms with Gasteiger partial charge in [0.1, 0.15) is 29.1 Å². The number of ether oxygens (including phenoxy) is 4. The van der Waals surface area contributed by atoms with Crippen LogP contribution in [0.15, 0.2) is 29.3 Å². The summed E-state index contributed by atoms with van der Waals surface area (Å²) in [5, 5.41) is 4.73. The Bertz CT molecular complexity index is 1270. The molecule has 0 saturated heterocycles. The number of aryl methyl sites for hydroxylation is 1. The quantitative estimate of drug-likeness (QED) is 0.162. The van der Waals surface area contributed by atoms with Gasteiger partial charge in [-0.3, -0.25) is 0 Å². The van der Waals surface area contributed by atoms with Gasteiger partial charge in [0, 0.05) is 35.6 Å². The lowest BCUT2D eigenvalue weighted by Gasteiger charge is -2.22. The summed E-state index contributed by atoms with van der Waals surface area (Å²) in [6, 6.07) is -1.81. The van der Waals surface area contributed by atoms with Crippen molar-refractivity contribution in [3.05, 3.63) is 46.5 Å². The average molecular weight is 851 g/mol. The lowest BCUT2D eigenvalue weighted by Crippen LogP contribution is -2.45. The van der Waals surface area contributed by atoms with Crippen LogP contribution < -0.4 is 10.6 Å². The van der Waals surface area contributed by atoms with Crippen LogP contribution in [0.1, 0.15) is 58.8 Å². The lowest BCUT2D eigenvalue weighted by molar-refractivity contribution is -0.145. The van der Waals surface area contributed by atoms with Crippen LogP contribution >= 0.6 is 38.5 Å². The summed E-state index contributed by atoms with van der Waals surface area (Å²) in [5.41, 5.74) is -1.13. The number of amides is 2. The van der Waals surface area contributed by atoms with E-state index in [2.05, 4.69) is 56.0 Å². The van der Waals surface area contributed by atoms with E-state index in [1.54, 1.807) is 53.9 Å². The molecule has 264 valence electrons. The monoisotopic (exact) mass is 850 g/mol. The van der Waals surface area contributed by atoms with Crippen molar-refractivity contribution in [1.29, 1.82) is 0 Å². The van der Waals surface area contributed by atoms with E-state index in [4.69, 9.17) is 9.47 Å². The average Bonchev–Trinajstić information content (AvgIpc) is 2.95. The van der Waals surface area contributed by atoms with Crippen LogP contribution in [0.25, 0.3) is 0 Å². The van der Waals surface area contributed by atoms with Crippen LogP contribution in [0.4, 0.5) is 22.8 Å². The molecule has 47 heavy (non-hydrogen) atoms. The largest absolute Gasteiger partial charge is 0.467 e. The molecule has 0 aromatic carbocycles. The molecule has 0 fully saturated rings. The van der Waals surface area contributed by atoms with Gasteiger partial charge in [-0.15, -0.1) is 0 Å². The molecule has 14 nitrogen and oxygen atoms in total. The number of halogens is 5. The van der Waals surface area contributed by atoms with Crippen molar-refractivity contribution >= 4 is 62.6 Å². The van der Waals surface area contributed by atoms with Crippen molar-refractivity contribution in [2.75, 3.05) is 18.6 Å². The van der Waals surface area contributed by atoms with Crippen molar-refractivity contribution in [2.24, 2.45) is 0 Å². The Morgan fingerprint density at radius 2 is 1.19 bits per heavy atom. The van der Waals surface area contributed by atoms with Gasteiger partial charge in [-0.2, -0.15) is 13.2 Å². The Balaban J connectivity index is 0.000000776. The van der Waals surface area contributed by atoms with E-state index >= 15 is 0 Å². The van der Waals surface area contributed by atoms with Crippen LogP contribution in [0.5, 0.6) is 0 Å². The maximum Gasteiger partial charge on any atom is 0.451 e. The molecule has 2 N–H and O–H groups in total. The molecular weight excluding hydrogens is 812 g/mol. The maximum atomic E-state index is 12.4. The Morgan fingerprint density at radius 1 is 0.787 bits per heavy atom. The highest BCUT2D eigenvalue weighted by molar-refractivity contribution is 14.1. The molecule has 0 radical (unpaired) electrons. The maximum absolute atomic E-state index is 12.4. The summed E-state index contributed by atoms with van der Waals surface area (Å²) in [6.45, 7) is 12.0. The first-order valence-corrected chi connectivity index (χ1v) is 15.9. The topological polar surface area (TPSA) is 181 Å². The summed E-state index contributed by atoms with van der Waals surface area (Å²) < 4.78 is 57.7. The van der Waals surface area contributed by atoms with Crippen molar-refractivity contribution in [2.45, 2.75) is 84.3 Å². The van der Waals surface area contributed by atoms with Gasteiger partial charge >= 0.3 is 30.3 Å². The van der Waals surface area contributed by atoms with Gasteiger partial charge in [0.25, 0.3) is 0 Å². The van der Waals surface area contributed by atoms with E-state index in [1.807, 2.05) is 29.5 Å². The van der Waals surface area contributed by atoms with E-state index in [1.165, 1.54) is 7.11 Å². The molecule has 0 spiro atoms. The van der Waals surface area contributed by atoms with Crippen molar-refractivity contribution < 1.29 is 51.3 Å². The number of esters is 2. The summed E-state index contributed by atoms with van der Waals surface area (Å²) in [6.07, 6.45) is -0.963. The van der Waals surface area contributed by atoms with Gasteiger partial charge in [-0.05, 0) is 70.0 Å². The van der Waals surface area contributed by atoms with Crippen LogP contribution in [0.3, 0.4) is 0 Å². The van der Waals surface area contributed by atoms with E-state index in [-0.39, 0.29) is 12.0 Å². The second kappa shape index (κ2) is 20.1. The van der Waals surface area contributed by atoms with Crippen LogP contribution in [0.2, 0.25) is 0 Å². The SMILES string of the molecule is COC(=O)[C@H](CI)NC(=O)OC(C)(C)C.COC(=O)[C@H](Cc1cnc(C(F)(F)F)nc1)NC(=O)OC(C)(C)C.Cc1ncc(Br)cn1. The molecule has 0 unspecified atom stereocenters. The van der Waals surface area contributed by atoms with Gasteiger partial charge in [-0.1, -0.05) is 22.6 Å². The highest BCUT2D eigenvalue weighted by Gasteiger charge is 2.34. The Hall–Kier alpha value is -3.36. The number of aromatic nitrogens is 4. The molecule has 2 aromatic heterocycles. The number of nitrogens with one attached hydrogen (secondary N) is 2. The second-order valence-corrected chi connectivity index (χ2v) is 13.0. The molecule has 2 aromatic rings. The third kappa shape index (κ3) is 20.5. The van der Waals surface area contributed by atoms with E-state index in [0.717, 1.165) is 29.8 Å². The number of alkyl carbamates (subject to hydrolysis) is 2. The Labute approximate surface area is 293 Å². The summed E-state index contributed by atoms with van der Waals surface area (Å²) in [4.78, 5) is 60.2. The molecule has 0 bridgehead atoms. The first kappa shape index (κ1) is 43.6. The van der Waals surface area contributed by atoms with Gasteiger partial charge in [0.2, 0.25) is 5.82 Å². The van der Waals surface area contributed by atoms with Gasteiger partial charge in [0.05, 0.1) is 18.7 Å². The zero-order valence-electron chi connectivity index (χ0n) is 27.3. The molecule has 2 rings (SSSR count). The highest BCUT2D eigenvalue weighted by Crippen LogP contribution is 2.25. The number of alkyl halides is 4. The minimum atomic E-state index is -4.66. The number of rotatable bonds is 7. The summed E-state index contributed by atoms with van der Waals surface area (Å²) in [5.74, 6) is -1.75. The zero-order chi connectivity index (χ0) is 36.6. The van der Waals surface area contributed by atoms with E-state index < -0.39 is 59.4 Å². The minimum Gasteiger partial charge on any atom is -0.467 e. The van der Waals surface area contributed by atoms with Gasteiger partial charge < -0.3 is 29.6 Å². The standard InChI is InChI=1S/C14H18F3N3O4.C9H16INO4.C5H5BrN2/c1-13(2,3)24-12(22)20-9(10(21)23-4)5-8-6-18-11(19-7-8)14(15,16)17;1-9(2,3)15-8(13)11-6(5-10)7(12)14-4;1-4-7-2-5(6)3-8-4/h6-7,9H,5H2,1-4H3,(H,20,22);6H,5H2,1-4H3,(H,11,13);2-3H,1H3/t9-;6-;/m00./s1. The van der Waals surface area contributed by atoms with Crippen LogP contribution in [-0.4, -0.2) is 86.0 Å². The van der Waals surface area contributed by atoms with Crippen molar-refractivity contribution in [3.63, 3.8) is 0 Å². The van der Waals surface area contributed by atoms with Gasteiger partial charge in [0.15, 0.2) is 0 Å². The molecule has 2 amide bonds. The molecule has 0 aliphatic rings. The number of hydrogen-bond donors (Lipinski definition) is 2. The fourth-order valence-corrected chi connectivity index (χ4v) is 3.54. The normalized spacial score (nSPS) is 12.4. The number of carbonyl (C=O) groups excluding carboxylic acids is 4. The second-order valence-electron chi connectivity index (χ2n) is 11.2. The van der Waals surface area contributed by atoms with Crippen molar-refractivity contribution in [3.8, 4) is 0 Å². The summed E-state index contributed by atoms with van der Waals surface area (Å²) >= 11 is 5.21. The third-order valence-corrected chi connectivity index (χ3v) is 5.95. The predicted molar refractivity (Wildman–Crippen MR) is 174 cm³/mol. The third-order valence-electron chi connectivity index (χ3n) is 4.66. The minimum absolute atomic E-state index is 0.149. The zero-order valence-corrected chi connectivity index (χ0v) is 31.1. The highest BCUT2D eigenvalue weighted by atomic mass is 127. The number of carbonyl (C=O) groups is 4. The number of methoxy groups -OCH3 is 2. The molecule has 19 heteroatoms. The predicted octanol–water partition coefficient (Wildman–Crippen LogP) is 5.14. The molecule has 2 heterocycles. The molecule has 0 aliphatic carbocycles. The van der Waals surface area contributed by atoms with Crippen LogP contribution in [-0.2, 0) is 41.1 Å². The molecule has 0 aliphatic heterocycles. The van der Waals surface area contributed by atoms with Crippen molar-refractivity contribution in [1.82, 2.24) is 30.6 Å². The van der Waals surface area contributed by atoms with Gasteiger partial charge in [-0.25, -0.2) is 39.1 Å². The fourth-order valence-electron chi connectivity index (χ4n) is 2.76. The first-order valence-electron chi connectivity index (χ1n) is 13.5. The van der Waals surface area contributed by atoms with E-state index in [9.17, 15) is 32.3 Å². The smallest absolute Gasteiger partial charge is 0.451 e. The van der Waals surface area contributed by atoms with Crippen LogP contribution in [0, 0.1) is 6.92 Å². The fraction of sp³-hybridized carbons (Fsp3) is 0.571. The van der Waals surface area contributed by atoms with E-state index in [0.29, 0.717) is 4.43 Å². The summed E-state index contributed by atoms with van der Waals surface area (Å²) in [7, 11) is 2.40. The molecular formula is C28H39BrF3IN6O8. The Kier molecular flexibility index (Phi) is 18.7. The molecule has 0 saturated carbocycles. The lowest BCUT2D eigenvalue weighted by atomic mass is 10.1. The Morgan fingerprint density at radius 3 is 1.53 bits per heavy atom. The number of hydrogen-bond acceptors (Lipinski definition) is 12. The first-order chi connectivity index (χ1) is 21.5. The molecule has 2 atom stereocenters. The number of nitrogens with zero attached hydrogens (tertiary/aromatic N) is 4.